The Bertz CT molecular complexity index is 1010. The number of benzene rings is 2. The van der Waals surface area contributed by atoms with E-state index in [4.69, 9.17) is 9.84 Å². The van der Waals surface area contributed by atoms with E-state index in [0.29, 0.717) is 20.9 Å². The number of hydrogen-bond donors (Lipinski definition) is 3. The fourth-order valence-corrected chi connectivity index (χ4v) is 3.54. The molecule has 0 saturated heterocycles. The van der Waals surface area contributed by atoms with E-state index >= 15 is 0 Å². The number of para-hydroxylation sites is 2. The van der Waals surface area contributed by atoms with Crippen molar-refractivity contribution < 1.29 is 24.5 Å². The first-order valence-corrected chi connectivity index (χ1v) is 9.25. The van der Waals surface area contributed by atoms with Crippen LogP contribution in [0.3, 0.4) is 0 Å². The Morgan fingerprint density at radius 2 is 2.00 bits per heavy atom. The van der Waals surface area contributed by atoms with E-state index in [1.807, 2.05) is 24.3 Å². The van der Waals surface area contributed by atoms with Crippen LogP contribution < -0.4 is 4.74 Å². The van der Waals surface area contributed by atoms with Gasteiger partial charge in [0.2, 0.25) is 0 Å². The van der Waals surface area contributed by atoms with Gasteiger partial charge in [0, 0.05) is 0 Å². The molecule has 1 aromatic heterocycles. The van der Waals surface area contributed by atoms with Crippen LogP contribution in [0.25, 0.3) is 17.1 Å². The molecule has 2 aromatic carbocycles. The molecule has 0 aliphatic carbocycles. The Balaban J connectivity index is 1.83. The average Bonchev–Trinajstić information content (AvgIpc) is 3.02. The van der Waals surface area contributed by atoms with E-state index in [1.54, 1.807) is 18.2 Å². The molecular formula is C18H13BrN2O5S. The molecule has 9 heteroatoms. The van der Waals surface area contributed by atoms with Crippen LogP contribution in [0, 0.1) is 0 Å². The summed E-state index contributed by atoms with van der Waals surface area (Å²) in [5.41, 5.74) is 2.20. The topological polar surface area (TPSA) is 113 Å². The van der Waals surface area contributed by atoms with Crippen molar-refractivity contribution in [3.8, 4) is 5.75 Å². The van der Waals surface area contributed by atoms with Crippen molar-refractivity contribution in [2.24, 2.45) is 0 Å². The van der Waals surface area contributed by atoms with E-state index in [2.05, 4.69) is 25.9 Å². The van der Waals surface area contributed by atoms with Crippen molar-refractivity contribution in [1.29, 1.82) is 0 Å². The summed E-state index contributed by atoms with van der Waals surface area (Å²) in [6.07, 6.45) is 1.51. The second-order valence-electron chi connectivity index (χ2n) is 5.35. The van der Waals surface area contributed by atoms with E-state index in [9.17, 15) is 14.7 Å². The minimum atomic E-state index is -1.08. The molecule has 0 atom stereocenters. The predicted octanol–water partition coefficient (Wildman–Crippen LogP) is 4.01. The number of thioether (sulfide) groups is 1. The van der Waals surface area contributed by atoms with Crippen LogP contribution in [0.2, 0.25) is 0 Å². The van der Waals surface area contributed by atoms with E-state index in [-0.39, 0.29) is 4.91 Å². The molecular weight excluding hydrogens is 436 g/mol. The fraction of sp³-hybridized carbons (Fsp3) is 0.0556. The minimum absolute atomic E-state index is 0.0835. The molecule has 0 fully saturated rings. The number of H-pyrrole nitrogens is 1. The number of aliphatic carboxylic acids is 2. The molecule has 0 radical (unpaired) electrons. The molecule has 0 unspecified atom stereocenters. The number of carbonyl (C=O) groups is 2. The lowest BCUT2D eigenvalue weighted by Crippen LogP contribution is -2.09. The summed E-state index contributed by atoms with van der Waals surface area (Å²) in [5, 5.41) is 18.7. The zero-order valence-electron chi connectivity index (χ0n) is 13.7. The fourth-order valence-electron chi connectivity index (χ4n) is 2.23. The number of ether oxygens (including phenoxy) is 1. The molecule has 138 valence electrons. The van der Waals surface area contributed by atoms with Gasteiger partial charge in [0.15, 0.2) is 11.8 Å². The molecule has 0 spiro atoms. The van der Waals surface area contributed by atoms with Gasteiger partial charge < -0.3 is 19.9 Å². The predicted molar refractivity (Wildman–Crippen MR) is 105 cm³/mol. The maximum absolute atomic E-state index is 11.6. The van der Waals surface area contributed by atoms with Crippen molar-refractivity contribution >= 4 is 56.7 Å². The Hall–Kier alpha value is -2.78. The quantitative estimate of drug-likeness (QED) is 0.369. The van der Waals surface area contributed by atoms with E-state index in [0.717, 1.165) is 22.8 Å². The normalized spacial score (nSPS) is 11.5. The summed E-state index contributed by atoms with van der Waals surface area (Å²) in [7, 11) is 0. The number of hydrogen-bond acceptors (Lipinski definition) is 5. The SMILES string of the molecule is O=C(O)COc1ccc(/C=C(/Sc2nc3ccccc3[nH]2)C(=O)O)cc1Br. The van der Waals surface area contributed by atoms with Gasteiger partial charge in [0.25, 0.3) is 0 Å². The Kier molecular flexibility index (Phi) is 5.82. The lowest BCUT2D eigenvalue weighted by molar-refractivity contribution is -0.139. The lowest BCUT2D eigenvalue weighted by atomic mass is 10.2. The Morgan fingerprint density at radius 1 is 1.22 bits per heavy atom. The highest BCUT2D eigenvalue weighted by atomic mass is 79.9. The van der Waals surface area contributed by atoms with Gasteiger partial charge in [-0.05, 0) is 63.6 Å². The summed E-state index contributed by atoms with van der Waals surface area (Å²) < 4.78 is 5.66. The standard InChI is InChI=1S/C18H13BrN2O5S/c19-11-7-10(5-6-14(11)26-9-16(22)23)8-15(17(24)25)27-18-20-12-3-1-2-4-13(12)21-18/h1-8H,9H2,(H,20,21)(H,22,23)(H,24,25)/b15-8+. The van der Waals surface area contributed by atoms with Crippen LogP contribution in [-0.2, 0) is 9.59 Å². The number of halogens is 1. The third-order valence-electron chi connectivity index (χ3n) is 3.39. The van der Waals surface area contributed by atoms with E-state index in [1.165, 1.54) is 6.08 Å². The van der Waals surface area contributed by atoms with Gasteiger partial charge in [0.1, 0.15) is 10.7 Å². The first-order chi connectivity index (χ1) is 12.9. The summed E-state index contributed by atoms with van der Waals surface area (Å²) in [5.74, 6) is -1.81. The first-order valence-electron chi connectivity index (χ1n) is 7.64. The Labute approximate surface area is 166 Å². The summed E-state index contributed by atoms with van der Waals surface area (Å²) in [6.45, 7) is -0.462. The summed E-state index contributed by atoms with van der Waals surface area (Å²) in [6, 6.07) is 12.3. The number of aromatic amines is 1. The monoisotopic (exact) mass is 448 g/mol. The van der Waals surface area contributed by atoms with Crippen LogP contribution in [0.4, 0.5) is 0 Å². The Morgan fingerprint density at radius 3 is 2.67 bits per heavy atom. The van der Waals surface area contributed by atoms with Crippen LogP contribution in [0.15, 0.2) is 57.0 Å². The zero-order valence-corrected chi connectivity index (χ0v) is 16.1. The molecule has 0 bridgehead atoms. The number of rotatable bonds is 7. The summed E-state index contributed by atoms with van der Waals surface area (Å²) in [4.78, 5) is 29.7. The third-order valence-corrected chi connectivity index (χ3v) is 4.91. The van der Waals surface area contributed by atoms with Crippen molar-refractivity contribution in [3.63, 3.8) is 0 Å². The molecule has 27 heavy (non-hydrogen) atoms. The van der Waals surface area contributed by atoms with Crippen molar-refractivity contribution in [3.05, 3.63) is 57.4 Å². The number of imidazole rings is 1. The van der Waals surface area contributed by atoms with Gasteiger partial charge in [-0.25, -0.2) is 14.6 Å². The van der Waals surface area contributed by atoms with Gasteiger partial charge in [-0.1, -0.05) is 18.2 Å². The van der Waals surface area contributed by atoms with Crippen LogP contribution in [-0.4, -0.2) is 38.7 Å². The van der Waals surface area contributed by atoms with Crippen LogP contribution in [0.5, 0.6) is 5.75 Å². The summed E-state index contributed by atoms with van der Waals surface area (Å²) >= 11 is 4.31. The smallest absolute Gasteiger partial charge is 0.342 e. The van der Waals surface area contributed by atoms with Crippen molar-refractivity contribution in [2.75, 3.05) is 6.61 Å². The molecule has 0 aliphatic heterocycles. The average molecular weight is 449 g/mol. The van der Waals surface area contributed by atoms with Gasteiger partial charge in [0.05, 0.1) is 15.5 Å². The second-order valence-corrected chi connectivity index (χ2v) is 7.23. The molecule has 3 rings (SSSR count). The minimum Gasteiger partial charge on any atom is -0.481 e. The van der Waals surface area contributed by atoms with Crippen molar-refractivity contribution in [2.45, 2.75) is 5.16 Å². The molecule has 3 N–H and O–H groups in total. The van der Waals surface area contributed by atoms with Gasteiger partial charge >= 0.3 is 11.9 Å². The largest absolute Gasteiger partial charge is 0.481 e. The number of carboxylic acid groups (broad SMARTS) is 2. The van der Waals surface area contributed by atoms with Crippen LogP contribution in [0.1, 0.15) is 5.56 Å². The molecule has 0 aliphatic rings. The van der Waals surface area contributed by atoms with Gasteiger partial charge in [-0.15, -0.1) is 0 Å². The van der Waals surface area contributed by atoms with Crippen molar-refractivity contribution in [1.82, 2.24) is 9.97 Å². The molecule has 0 amide bonds. The molecule has 7 nitrogen and oxygen atoms in total. The highest BCUT2D eigenvalue weighted by Gasteiger charge is 2.14. The third kappa shape index (κ3) is 4.89. The van der Waals surface area contributed by atoms with Gasteiger partial charge in [-0.2, -0.15) is 0 Å². The first kappa shape index (κ1) is 19.0. The molecule has 0 saturated carbocycles. The van der Waals surface area contributed by atoms with Gasteiger partial charge in [-0.3, -0.25) is 0 Å². The lowest BCUT2D eigenvalue weighted by Gasteiger charge is -2.07. The number of aromatic nitrogens is 2. The number of carboxylic acids is 2. The molecule has 1 heterocycles. The zero-order chi connectivity index (χ0) is 19.4. The number of nitrogens with zero attached hydrogens (tertiary/aromatic N) is 1. The molecule has 3 aromatic rings. The number of nitrogens with one attached hydrogen (secondary N) is 1. The highest BCUT2D eigenvalue weighted by molar-refractivity contribution is 9.10. The maximum Gasteiger partial charge on any atom is 0.342 e. The maximum atomic E-state index is 11.6. The number of fused-ring (bicyclic) bond motifs is 1. The second kappa shape index (κ2) is 8.28. The highest BCUT2D eigenvalue weighted by Crippen LogP contribution is 2.31. The van der Waals surface area contributed by atoms with E-state index < -0.39 is 18.5 Å². The van der Waals surface area contributed by atoms with Crippen LogP contribution >= 0.6 is 27.7 Å².